The lowest BCUT2D eigenvalue weighted by Crippen LogP contribution is -2.32. The Bertz CT molecular complexity index is 889. The highest BCUT2D eigenvalue weighted by Crippen LogP contribution is 2.22. The third kappa shape index (κ3) is 4.75. The first-order valence-electron chi connectivity index (χ1n) is 8.96. The third-order valence-corrected chi connectivity index (χ3v) is 6.72. The molecule has 0 saturated carbocycles. The molecular weight excluding hydrogens is 364 g/mol. The van der Waals surface area contributed by atoms with Gasteiger partial charge >= 0.3 is 0 Å². The van der Waals surface area contributed by atoms with E-state index >= 15 is 0 Å². The minimum Gasteiger partial charge on any atom is -0.354 e. The number of carbonyl (C=O) groups excluding carboxylic acids is 1. The van der Waals surface area contributed by atoms with E-state index in [0.29, 0.717) is 17.9 Å². The number of sulfonamides is 1. The molecule has 27 heavy (non-hydrogen) atoms. The maximum absolute atomic E-state index is 12.5. The summed E-state index contributed by atoms with van der Waals surface area (Å²) < 4.78 is 27.5. The number of aryl methyl sites for hydroxylation is 1. The summed E-state index contributed by atoms with van der Waals surface area (Å²) >= 11 is 0. The second-order valence-corrected chi connectivity index (χ2v) is 8.85. The molecule has 1 aromatic heterocycles. The van der Waals surface area contributed by atoms with Crippen LogP contribution in [0.2, 0.25) is 0 Å². The van der Waals surface area contributed by atoms with E-state index in [2.05, 4.69) is 29.5 Å². The van der Waals surface area contributed by atoms with Gasteiger partial charge in [0.2, 0.25) is 15.9 Å². The van der Waals surface area contributed by atoms with Crippen molar-refractivity contribution in [1.29, 1.82) is 0 Å². The van der Waals surface area contributed by atoms with Gasteiger partial charge in [-0.25, -0.2) is 12.7 Å². The van der Waals surface area contributed by atoms with Gasteiger partial charge in [0.25, 0.3) is 0 Å². The summed E-state index contributed by atoms with van der Waals surface area (Å²) in [6.07, 6.45) is 0.912. The van der Waals surface area contributed by atoms with Crippen LogP contribution in [0.15, 0.2) is 35.2 Å². The number of amides is 1. The molecule has 8 heteroatoms. The van der Waals surface area contributed by atoms with Crippen LogP contribution in [0.1, 0.15) is 36.2 Å². The molecule has 2 rings (SSSR count). The SMILES string of the molecule is CC[C@@H](CNC(=O)Cn1nc(C)c(S(=O)(=O)N(C)C)c1C)c1ccccc1. The monoisotopic (exact) mass is 392 g/mol. The Kier molecular flexibility index (Phi) is 6.78. The second-order valence-electron chi connectivity index (χ2n) is 6.76. The molecule has 2 aromatic rings. The summed E-state index contributed by atoms with van der Waals surface area (Å²) in [7, 11) is -0.643. The van der Waals surface area contributed by atoms with Gasteiger partial charge in [-0.1, -0.05) is 37.3 Å². The zero-order valence-corrected chi connectivity index (χ0v) is 17.4. The Morgan fingerprint density at radius 3 is 2.41 bits per heavy atom. The predicted octanol–water partition coefficient (Wildman–Crippen LogP) is 2.06. The van der Waals surface area contributed by atoms with Crippen molar-refractivity contribution in [3.8, 4) is 0 Å². The lowest BCUT2D eigenvalue weighted by atomic mass is 9.96. The lowest BCUT2D eigenvalue weighted by Gasteiger charge is -2.16. The molecule has 0 unspecified atom stereocenters. The van der Waals surface area contributed by atoms with Crippen LogP contribution in [0.25, 0.3) is 0 Å². The van der Waals surface area contributed by atoms with E-state index in [-0.39, 0.29) is 23.3 Å². The minimum absolute atomic E-state index is 0.0130. The molecule has 0 fully saturated rings. The number of rotatable bonds is 8. The molecule has 1 aromatic carbocycles. The molecule has 0 radical (unpaired) electrons. The van der Waals surface area contributed by atoms with E-state index in [9.17, 15) is 13.2 Å². The Balaban J connectivity index is 2.08. The van der Waals surface area contributed by atoms with E-state index in [1.807, 2.05) is 18.2 Å². The van der Waals surface area contributed by atoms with Gasteiger partial charge in [-0.2, -0.15) is 5.10 Å². The van der Waals surface area contributed by atoms with Crippen molar-refractivity contribution in [2.24, 2.45) is 0 Å². The van der Waals surface area contributed by atoms with Gasteiger partial charge in [0.15, 0.2) is 0 Å². The Morgan fingerprint density at radius 2 is 1.85 bits per heavy atom. The van der Waals surface area contributed by atoms with E-state index in [4.69, 9.17) is 0 Å². The van der Waals surface area contributed by atoms with E-state index in [1.165, 1.54) is 24.3 Å². The molecule has 148 valence electrons. The van der Waals surface area contributed by atoms with E-state index in [0.717, 1.165) is 10.7 Å². The number of benzene rings is 1. The van der Waals surface area contributed by atoms with Crippen molar-refractivity contribution in [2.75, 3.05) is 20.6 Å². The van der Waals surface area contributed by atoms with Crippen LogP contribution in [0.3, 0.4) is 0 Å². The fraction of sp³-hybridized carbons (Fsp3) is 0.474. The quantitative estimate of drug-likeness (QED) is 0.745. The molecule has 0 saturated heterocycles. The molecule has 1 amide bonds. The number of hydrogen-bond acceptors (Lipinski definition) is 4. The van der Waals surface area contributed by atoms with Crippen LogP contribution in [0.5, 0.6) is 0 Å². The van der Waals surface area contributed by atoms with Crippen LogP contribution in [0, 0.1) is 13.8 Å². The van der Waals surface area contributed by atoms with Gasteiger partial charge in [-0.3, -0.25) is 9.48 Å². The molecule has 0 aliphatic heterocycles. The van der Waals surface area contributed by atoms with Crippen molar-refractivity contribution in [1.82, 2.24) is 19.4 Å². The predicted molar refractivity (Wildman–Crippen MR) is 105 cm³/mol. The number of nitrogens with zero attached hydrogens (tertiary/aromatic N) is 3. The summed E-state index contributed by atoms with van der Waals surface area (Å²) in [5, 5.41) is 7.19. The van der Waals surface area contributed by atoms with Crippen molar-refractivity contribution >= 4 is 15.9 Å². The van der Waals surface area contributed by atoms with Crippen LogP contribution >= 0.6 is 0 Å². The largest absolute Gasteiger partial charge is 0.354 e. The molecule has 0 aliphatic carbocycles. The van der Waals surface area contributed by atoms with Crippen molar-refractivity contribution < 1.29 is 13.2 Å². The highest BCUT2D eigenvalue weighted by atomic mass is 32.2. The summed E-state index contributed by atoms with van der Waals surface area (Å²) in [4.78, 5) is 12.6. The molecule has 7 nitrogen and oxygen atoms in total. The molecule has 1 heterocycles. The first-order chi connectivity index (χ1) is 12.7. The highest BCUT2D eigenvalue weighted by Gasteiger charge is 2.27. The summed E-state index contributed by atoms with van der Waals surface area (Å²) in [6, 6.07) is 10.1. The van der Waals surface area contributed by atoms with Gasteiger partial charge in [0.05, 0.1) is 11.4 Å². The van der Waals surface area contributed by atoms with Crippen LogP contribution in [-0.4, -0.2) is 49.1 Å². The molecule has 1 atom stereocenters. The van der Waals surface area contributed by atoms with Crippen molar-refractivity contribution in [3.05, 3.63) is 47.3 Å². The number of nitrogens with one attached hydrogen (secondary N) is 1. The minimum atomic E-state index is -3.60. The van der Waals surface area contributed by atoms with Crippen LogP contribution in [-0.2, 0) is 21.4 Å². The van der Waals surface area contributed by atoms with Gasteiger partial charge in [0.1, 0.15) is 11.4 Å². The van der Waals surface area contributed by atoms with Gasteiger partial charge in [0, 0.05) is 26.6 Å². The van der Waals surface area contributed by atoms with Gasteiger partial charge in [-0.05, 0) is 25.8 Å². The Labute approximate surface area is 161 Å². The number of carbonyl (C=O) groups is 1. The molecular formula is C19H28N4O3S. The zero-order valence-electron chi connectivity index (χ0n) is 16.6. The average Bonchev–Trinajstić information content (AvgIpc) is 2.90. The Hall–Kier alpha value is -2.19. The lowest BCUT2D eigenvalue weighted by molar-refractivity contribution is -0.121. The fourth-order valence-electron chi connectivity index (χ4n) is 3.04. The standard InChI is InChI=1S/C19H28N4O3S/c1-6-16(17-10-8-7-9-11-17)12-20-18(24)13-23-15(3)19(14(2)21-23)27(25,26)22(4)5/h7-11,16H,6,12-13H2,1-5H3,(H,20,24)/t16-/m0/s1. The number of hydrogen-bond donors (Lipinski definition) is 1. The average molecular weight is 393 g/mol. The third-order valence-electron chi connectivity index (χ3n) is 4.66. The van der Waals surface area contributed by atoms with Crippen LogP contribution < -0.4 is 5.32 Å². The molecule has 0 aliphatic rings. The topological polar surface area (TPSA) is 84.3 Å². The first kappa shape index (κ1) is 21.1. The van der Waals surface area contributed by atoms with Crippen molar-refractivity contribution in [2.45, 2.75) is 44.6 Å². The zero-order chi connectivity index (χ0) is 20.2. The van der Waals surface area contributed by atoms with Gasteiger partial charge < -0.3 is 5.32 Å². The summed E-state index contributed by atoms with van der Waals surface area (Å²) in [6.45, 7) is 5.91. The molecule has 0 spiro atoms. The fourth-order valence-corrected chi connectivity index (χ4v) is 4.30. The van der Waals surface area contributed by atoms with Crippen LogP contribution in [0.4, 0.5) is 0 Å². The van der Waals surface area contributed by atoms with E-state index in [1.54, 1.807) is 13.8 Å². The van der Waals surface area contributed by atoms with Crippen molar-refractivity contribution in [3.63, 3.8) is 0 Å². The summed E-state index contributed by atoms with van der Waals surface area (Å²) in [5.74, 6) is 0.0454. The smallest absolute Gasteiger partial charge is 0.246 e. The van der Waals surface area contributed by atoms with Gasteiger partial charge in [-0.15, -0.1) is 0 Å². The second kappa shape index (κ2) is 8.67. The van der Waals surface area contributed by atoms with E-state index < -0.39 is 10.0 Å². The maximum Gasteiger partial charge on any atom is 0.246 e. The normalized spacial score (nSPS) is 13.0. The molecule has 1 N–H and O–H groups in total. The molecule has 0 bridgehead atoms. The maximum atomic E-state index is 12.5. The summed E-state index contributed by atoms with van der Waals surface area (Å²) in [5.41, 5.74) is 2.04. The number of aromatic nitrogens is 2. The Morgan fingerprint density at radius 1 is 1.22 bits per heavy atom. The first-order valence-corrected chi connectivity index (χ1v) is 10.4. The highest BCUT2D eigenvalue weighted by molar-refractivity contribution is 7.89.